The average Bonchev–Trinajstić information content (AvgIpc) is 2.36. The first-order valence-corrected chi connectivity index (χ1v) is 5.54. The third kappa shape index (κ3) is 2.64. The molecule has 18 heavy (non-hydrogen) atoms. The summed E-state index contributed by atoms with van der Waals surface area (Å²) in [5.74, 6) is -2.14. The predicted molar refractivity (Wildman–Crippen MR) is 64.8 cm³/mol. The summed E-state index contributed by atoms with van der Waals surface area (Å²) < 4.78 is 39.2. The highest BCUT2D eigenvalue weighted by Crippen LogP contribution is 2.23. The van der Waals surface area contributed by atoms with Crippen LogP contribution in [0.1, 0.15) is 18.5 Å². The maximum Gasteiger partial charge on any atom is 0.181 e. The Morgan fingerprint density at radius 2 is 1.61 bits per heavy atom. The first-order chi connectivity index (χ1) is 8.58. The quantitative estimate of drug-likeness (QED) is 0.858. The molecule has 0 bridgehead atoms. The molecular formula is C14H12F3N. The molecule has 0 aliphatic rings. The van der Waals surface area contributed by atoms with Crippen molar-refractivity contribution in [2.24, 2.45) is 0 Å². The molecule has 1 nitrogen and oxygen atoms in total. The van der Waals surface area contributed by atoms with Crippen LogP contribution >= 0.6 is 0 Å². The summed E-state index contributed by atoms with van der Waals surface area (Å²) in [6.45, 7) is 1.79. The lowest BCUT2D eigenvalue weighted by Gasteiger charge is -2.16. The van der Waals surface area contributed by atoms with E-state index in [9.17, 15) is 13.2 Å². The highest BCUT2D eigenvalue weighted by molar-refractivity contribution is 5.47. The van der Waals surface area contributed by atoms with Gasteiger partial charge in [-0.15, -0.1) is 0 Å². The Bertz CT molecular complexity index is 537. The number of hydrogen-bond acceptors (Lipinski definition) is 1. The van der Waals surface area contributed by atoms with Crippen LogP contribution in [0.4, 0.5) is 18.9 Å². The summed E-state index contributed by atoms with van der Waals surface area (Å²) in [4.78, 5) is 0. The zero-order valence-electron chi connectivity index (χ0n) is 9.75. The van der Waals surface area contributed by atoms with Gasteiger partial charge in [-0.05, 0) is 36.8 Å². The SMILES string of the molecule is CC(Nc1cccc(F)c1F)c1ccc(F)cc1. The van der Waals surface area contributed by atoms with Gasteiger partial charge in [-0.2, -0.15) is 0 Å². The van der Waals surface area contributed by atoms with Gasteiger partial charge < -0.3 is 5.32 Å². The molecule has 1 N–H and O–H groups in total. The molecule has 0 amide bonds. The summed E-state index contributed by atoms with van der Waals surface area (Å²) in [5.41, 5.74) is 0.881. The Morgan fingerprint density at radius 1 is 0.944 bits per heavy atom. The second-order valence-electron chi connectivity index (χ2n) is 4.02. The molecule has 1 atom stereocenters. The van der Waals surface area contributed by atoms with Gasteiger partial charge in [-0.25, -0.2) is 13.2 Å². The maximum atomic E-state index is 13.4. The zero-order chi connectivity index (χ0) is 13.1. The van der Waals surface area contributed by atoms with Crippen molar-refractivity contribution in [2.45, 2.75) is 13.0 Å². The zero-order valence-corrected chi connectivity index (χ0v) is 9.75. The van der Waals surface area contributed by atoms with Crippen LogP contribution in [0, 0.1) is 17.5 Å². The summed E-state index contributed by atoms with van der Waals surface area (Å²) in [6.07, 6.45) is 0. The summed E-state index contributed by atoms with van der Waals surface area (Å²) in [5, 5.41) is 2.85. The molecule has 0 saturated heterocycles. The average molecular weight is 251 g/mol. The molecule has 2 rings (SSSR count). The van der Waals surface area contributed by atoms with Crippen LogP contribution in [0.2, 0.25) is 0 Å². The minimum atomic E-state index is -0.911. The third-order valence-corrected chi connectivity index (χ3v) is 2.69. The van der Waals surface area contributed by atoms with Gasteiger partial charge in [0.15, 0.2) is 11.6 Å². The van der Waals surface area contributed by atoms with E-state index in [1.165, 1.54) is 24.3 Å². The fraction of sp³-hybridized carbons (Fsp3) is 0.143. The van der Waals surface area contributed by atoms with Gasteiger partial charge in [-0.1, -0.05) is 18.2 Å². The van der Waals surface area contributed by atoms with Gasteiger partial charge in [0, 0.05) is 6.04 Å². The monoisotopic (exact) mass is 251 g/mol. The molecule has 2 aromatic carbocycles. The van der Waals surface area contributed by atoms with Crippen molar-refractivity contribution in [2.75, 3.05) is 5.32 Å². The van der Waals surface area contributed by atoms with E-state index in [2.05, 4.69) is 5.32 Å². The van der Waals surface area contributed by atoms with E-state index >= 15 is 0 Å². The highest BCUT2D eigenvalue weighted by atomic mass is 19.2. The second-order valence-corrected chi connectivity index (χ2v) is 4.02. The summed E-state index contributed by atoms with van der Waals surface area (Å²) in [6, 6.07) is 9.56. The molecule has 94 valence electrons. The van der Waals surface area contributed by atoms with Gasteiger partial charge in [0.25, 0.3) is 0 Å². The number of rotatable bonds is 3. The van der Waals surface area contributed by atoms with Crippen molar-refractivity contribution < 1.29 is 13.2 Å². The number of benzene rings is 2. The van der Waals surface area contributed by atoms with E-state index < -0.39 is 11.6 Å². The second kappa shape index (κ2) is 5.12. The minimum Gasteiger partial charge on any atom is -0.376 e. The molecule has 0 saturated carbocycles. The smallest absolute Gasteiger partial charge is 0.181 e. The summed E-state index contributed by atoms with van der Waals surface area (Å²) >= 11 is 0. The van der Waals surface area contributed by atoms with Gasteiger partial charge in [0.1, 0.15) is 5.82 Å². The largest absolute Gasteiger partial charge is 0.376 e. The fourth-order valence-corrected chi connectivity index (χ4v) is 1.68. The normalized spacial score (nSPS) is 12.2. The van der Waals surface area contributed by atoms with Gasteiger partial charge in [0.2, 0.25) is 0 Å². The van der Waals surface area contributed by atoms with E-state index in [0.29, 0.717) is 0 Å². The number of halogens is 3. The molecule has 0 heterocycles. The molecule has 0 aromatic heterocycles. The van der Waals surface area contributed by atoms with Crippen molar-refractivity contribution in [1.29, 1.82) is 0 Å². The van der Waals surface area contributed by atoms with Gasteiger partial charge in [0.05, 0.1) is 5.69 Å². The molecule has 0 aliphatic carbocycles. The first-order valence-electron chi connectivity index (χ1n) is 5.54. The Labute approximate surface area is 103 Å². The van der Waals surface area contributed by atoms with Crippen LogP contribution in [0.5, 0.6) is 0 Å². The molecule has 4 heteroatoms. The van der Waals surface area contributed by atoms with Gasteiger partial charge in [-0.3, -0.25) is 0 Å². The van der Waals surface area contributed by atoms with E-state index in [4.69, 9.17) is 0 Å². The third-order valence-electron chi connectivity index (χ3n) is 2.69. The van der Waals surface area contributed by atoms with Crippen molar-refractivity contribution in [3.8, 4) is 0 Å². The Balaban J connectivity index is 2.18. The lowest BCUT2D eigenvalue weighted by atomic mass is 10.1. The summed E-state index contributed by atoms with van der Waals surface area (Å²) in [7, 11) is 0. The van der Waals surface area contributed by atoms with Crippen LogP contribution in [-0.4, -0.2) is 0 Å². The fourth-order valence-electron chi connectivity index (χ4n) is 1.68. The van der Waals surface area contributed by atoms with Crippen molar-refractivity contribution >= 4 is 5.69 Å². The number of hydrogen-bond donors (Lipinski definition) is 1. The Hall–Kier alpha value is -1.97. The first kappa shape index (κ1) is 12.5. The van der Waals surface area contributed by atoms with E-state index in [0.717, 1.165) is 11.6 Å². The van der Waals surface area contributed by atoms with Crippen LogP contribution in [0.25, 0.3) is 0 Å². The van der Waals surface area contributed by atoms with Gasteiger partial charge >= 0.3 is 0 Å². The van der Waals surface area contributed by atoms with E-state index in [-0.39, 0.29) is 17.5 Å². The van der Waals surface area contributed by atoms with Crippen LogP contribution < -0.4 is 5.32 Å². The minimum absolute atomic E-state index is 0.0897. The molecule has 0 radical (unpaired) electrons. The van der Waals surface area contributed by atoms with E-state index in [1.807, 2.05) is 0 Å². The predicted octanol–water partition coefficient (Wildman–Crippen LogP) is 4.28. The molecule has 1 unspecified atom stereocenters. The van der Waals surface area contributed by atoms with Crippen LogP contribution in [0.3, 0.4) is 0 Å². The van der Waals surface area contributed by atoms with Crippen LogP contribution in [-0.2, 0) is 0 Å². The molecule has 0 aliphatic heterocycles. The number of anilines is 1. The van der Waals surface area contributed by atoms with Crippen molar-refractivity contribution in [1.82, 2.24) is 0 Å². The number of nitrogens with one attached hydrogen (secondary N) is 1. The van der Waals surface area contributed by atoms with Crippen LogP contribution in [0.15, 0.2) is 42.5 Å². The maximum absolute atomic E-state index is 13.4. The molecule has 0 spiro atoms. The highest BCUT2D eigenvalue weighted by Gasteiger charge is 2.11. The standard InChI is InChI=1S/C14H12F3N/c1-9(10-5-7-11(15)8-6-10)18-13-4-2-3-12(16)14(13)17/h2-9,18H,1H3. The van der Waals surface area contributed by atoms with E-state index in [1.54, 1.807) is 19.1 Å². The van der Waals surface area contributed by atoms with Crippen molar-refractivity contribution in [3.05, 3.63) is 65.5 Å². The Morgan fingerprint density at radius 3 is 2.28 bits per heavy atom. The topological polar surface area (TPSA) is 12.0 Å². The lowest BCUT2D eigenvalue weighted by molar-refractivity contribution is 0.510. The molecular weight excluding hydrogens is 239 g/mol. The lowest BCUT2D eigenvalue weighted by Crippen LogP contribution is -2.08. The molecule has 0 fully saturated rings. The van der Waals surface area contributed by atoms with Crippen molar-refractivity contribution in [3.63, 3.8) is 0 Å². The Kier molecular flexibility index (Phi) is 3.55. The molecule has 2 aromatic rings.